The lowest BCUT2D eigenvalue weighted by Gasteiger charge is -2.29. The van der Waals surface area contributed by atoms with E-state index in [1.54, 1.807) is 23.5 Å². The number of rotatable bonds is 12. The Hall–Kier alpha value is -5.40. The molecule has 0 spiro atoms. The van der Waals surface area contributed by atoms with Gasteiger partial charge in [0.05, 0.1) is 23.4 Å². The molecule has 1 fully saturated rings. The number of pyridine rings is 2. The van der Waals surface area contributed by atoms with E-state index in [2.05, 4.69) is 40.7 Å². The van der Waals surface area contributed by atoms with Crippen LogP contribution in [0.5, 0.6) is 5.75 Å². The van der Waals surface area contributed by atoms with Crippen molar-refractivity contribution in [3.05, 3.63) is 83.7 Å². The standard InChI is InChI=1S/C37H37N7O5S/c1-22-16-24(23-4-10-32(39-19-23)43(2)3)20-40-34(22)36-41-29-8-5-26(18-31(29)50-36)38-12-13-48-14-15-49-27-6-7-28-25(17-27)21-44(37(28)47)30-9-11-33(45)42-35(30)46/h4-8,10,16-20,30,38H,9,11-15,21H2,1-3H3,(H,42,45,46). The van der Waals surface area contributed by atoms with Crippen LogP contribution in [0.1, 0.15) is 34.3 Å². The molecule has 2 aromatic carbocycles. The molecule has 256 valence electrons. The number of hydrogen-bond acceptors (Lipinski definition) is 11. The second-order valence-corrected chi connectivity index (χ2v) is 13.5. The minimum atomic E-state index is -0.638. The Labute approximate surface area is 293 Å². The number of hydrogen-bond donors (Lipinski definition) is 2. The third-order valence-corrected chi connectivity index (χ3v) is 9.80. The third kappa shape index (κ3) is 7.00. The number of aryl methyl sites for hydroxylation is 1. The van der Waals surface area contributed by atoms with Gasteiger partial charge in [-0.3, -0.25) is 24.7 Å². The number of carbonyl (C=O) groups excluding carboxylic acids is 3. The molecule has 5 aromatic rings. The van der Waals surface area contributed by atoms with Crippen LogP contribution < -0.4 is 20.3 Å². The summed E-state index contributed by atoms with van der Waals surface area (Å²) in [6, 6.07) is 17.0. The topological polar surface area (TPSA) is 139 Å². The van der Waals surface area contributed by atoms with Crippen molar-refractivity contribution in [1.82, 2.24) is 25.2 Å². The first-order valence-electron chi connectivity index (χ1n) is 16.5. The summed E-state index contributed by atoms with van der Waals surface area (Å²) in [7, 11) is 3.95. The molecule has 2 aliphatic heterocycles. The molecule has 0 aliphatic carbocycles. The Balaban J connectivity index is 0.867. The molecule has 1 saturated heterocycles. The number of piperidine rings is 1. The largest absolute Gasteiger partial charge is 0.491 e. The molecule has 5 heterocycles. The fraction of sp³-hybridized carbons (Fsp3) is 0.297. The Bertz CT molecular complexity index is 2080. The van der Waals surface area contributed by atoms with Crippen molar-refractivity contribution in [2.24, 2.45) is 0 Å². The number of aromatic nitrogens is 3. The first kappa shape index (κ1) is 33.1. The van der Waals surface area contributed by atoms with Crippen LogP contribution >= 0.6 is 11.3 Å². The Morgan fingerprint density at radius 3 is 2.62 bits per heavy atom. The molecule has 2 aliphatic rings. The smallest absolute Gasteiger partial charge is 0.255 e. The van der Waals surface area contributed by atoms with Crippen LogP contribution in [0.25, 0.3) is 32.0 Å². The minimum absolute atomic E-state index is 0.204. The van der Waals surface area contributed by atoms with Gasteiger partial charge in [0.1, 0.15) is 34.9 Å². The summed E-state index contributed by atoms with van der Waals surface area (Å²) in [6.07, 6.45) is 4.31. The van der Waals surface area contributed by atoms with E-state index < -0.39 is 11.9 Å². The first-order valence-corrected chi connectivity index (χ1v) is 17.3. The number of imide groups is 1. The van der Waals surface area contributed by atoms with Crippen molar-refractivity contribution in [3.63, 3.8) is 0 Å². The molecular formula is C37H37N7O5S. The van der Waals surface area contributed by atoms with Gasteiger partial charge in [-0.1, -0.05) is 0 Å². The van der Waals surface area contributed by atoms with Gasteiger partial charge in [-0.15, -0.1) is 11.3 Å². The van der Waals surface area contributed by atoms with Gasteiger partial charge in [-0.25, -0.2) is 9.97 Å². The summed E-state index contributed by atoms with van der Waals surface area (Å²) in [5.41, 5.74) is 7.24. The van der Waals surface area contributed by atoms with Gasteiger partial charge in [-0.2, -0.15) is 0 Å². The summed E-state index contributed by atoms with van der Waals surface area (Å²) in [5, 5.41) is 6.62. The van der Waals surface area contributed by atoms with Gasteiger partial charge in [-0.05, 0) is 79.1 Å². The lowest BCUT2D eigenvalue weighted by molar-refractivity contribution is -0.136. The van der Waals surface area contributed by atoms with Crippen LogP contribution in [-0.2, 0) is 20.9 Å². The van der Waals surface area contributed by atoms with Crippen molar-refractivity contribution in [2.45, 2.75) is 32.4 Å². The normalized spacial score (nSPS) is 15.7. The van der Waals surface area contributed by atoms with E-state index in [0.29, 0.717) is 50.6 Å². The molecule has 7 rings (SSSR count). The second kappa shape index (κ2) is 14.2. The number of anilines is 2. The van der Waals surface area contributed by atoms with Crippen LogP contribution in [0.2, 0.25) is 0 Å². The maximum absolute atomic E-state index is 12.9. The average molecular weight is 692 g/mol. The fourth-order valence-electron chi connectivity index (χ4n) is 6.14. The maximum Gasteiger partial charge on any atom is 0.255 e. The fourth-order valence-corrected chi connectivity index (χ4v) is 7.21. The molecule has 3 aromatic heterocycles. The molecule has 0 bridgehead atoms. The highest BCUT2D eigenvalue weighted by atomic mass is 32.1. The van der Waals surface area contributed by atoms with Gasteiger partial charge >= 0.3 is 0 Å². The Kier molecular flexibility index (Phi) is 9.42. The molecule has 13 heteroatoms. The van der Waals surface area contributed by atoms with Crippen LogP contribution in [0, 0.1) is 6.92 Å². The number of ether oxygens (including phenoxy) is 2. The highest BCUT2D eigenvalue weighted by Crippen LogP contribution is 2.34. The van der Waals surface area contributed by atoms with E-state index in [1.165, 1.54) is 4.90 Å². The van der Waals surface area contributed by atoms with E-state index in [0.717, 1.165) is 54.7 Å². The number of amides is 3. The zero-order valence-corrected chi connectivity index (χ0v) is 28.9. The van der Waals surface area contributed by atoms with E-state index in [4.69, 9.17) is 19.4 Å². The van der Waals surface area contributed by atoms with Gasteiger partial charge < -0.3 is 24.6 Å². The van der Waals surface area contributed by atoms with E-state index in [1.807, 2.05) is 55.7 Å². The van der Waals surface area contributed by atoms with Gasteiger partial charge in [0.15, 0.2) is 0 Å². The number of thiazole rings is 1. The van der Waals surface area contributed by atoms with Crippen molar-refractivity contribution >= 4 is 50.8 Å². The van der Waals surface area contributed by atoms with Crippen LogP contribution in [-0.4, -0.2) is 84.1 Å². The predicted molar refractivity (Wildman–Crippen MR) is 192 cm³/mol. The van der Waals surface area contributed by atoms with Gasteiger partial charge in [0.25, 0.3) is 5.91 Å². The third-order valence-electron chi connectivity index (χ3n) is 8.78. The molecule has 12 nitrogen and oxygen atoms in total. The predicted octanol–water partition coefficient (Wildman–Crippen LogP) is 5.06. The number of carbonyl (C=O) groups is 3. The average Bonchev–Trinajstić information content (AvgIpc) is 3.67. The molecule has 2 N–H and O–H groups in total. The van der Waals surface area contributed by atoms with Crippen molar-refractivity contribution in [2.75, 3.05) is 50.7 Å². The SMILES string of the molecule is Cc1cc(-c2ccc(N(C)C)nc2)cnc1-c1nc2ccc(NCCOCCOc3ccc4c(c3)CN(C3CCC(=O)NC3=O)C4=O)cc2s1. The lowest BCUT2D eigenvalue weighted by atomic mass is 10.0. The van der Waals surface area contributed by atoms with Crippen molar-refractivity contribution in [3.8, 4) is 27.6 Å². The number of fused-ring (bicyclic) bond motifs is 2. The molecule has 0 saturated carbocycles. The van der Waals surface area contributed by atoms with Crippen molar-refractivity contribution < 1.29 is 23.9 Å². The summed E-state index contributed by atoms with van der Waals surface area (Å²) in [6.45, 7) is 4.25. The molecule has 50 heavy (non-hydrogen) atoms. The summed E-state index contributed by atoms with van der Waals surface area (Å²) < 4.78 is 12.7. The van der Waals surface area contributed by atoms with Crippen LogP contribution in [0.3, 0.4) is 0 Å². The maximum atomic E-state index is 12.9. The zero-order chi connectivity index (χ0) is 34.8. The van der Waals surface area contributed by atoms with E-state index in [9.17, 15) is 14.4 Å². The Morgan fingerprint density at radius 2 is 1.84 bits per heavy atom. The van der Waals surface area contributed by atoms with Crippen LogP contribution in [0.4, 0.5) is 11.5 Å². The summed E-state index contributed by atoms with van der Waals surface area (Å²) in [5.74, 6) is 0.616. The molecule has 1 atom stereocenters. The van der Waals surface area contributed by atoms with E-state index in [-0.39, 0.29) is 18.2 Å². The molecule has 1 unspecified atom stereocenters. The molecular weight excluding hydrogens is 655 g/mol. The molecule has 3 amide bonds. The number of nitrogens with one attached hydrogen (secondary N) is 2. The lowest BCUT2D eigenvalue weighted by Crippen LogP contribution is -2.52. The quantitative estimate of drug-likeness (QED) is 0.135. The highest BCUT2D eigenvalue weighted by molar-refractivity contribution is 7.21. The van der Waals surface area contributed by atoms with Gasteiger partial charge in [0, 0.05) is 68.4 Å². The van der Waals surface area contributed by atoms with Gasteiger partial charge in [0.2, 0.25) is 11.8 Å². The van der Waals surface area contributed by atoms with Crippen molar-refractivity contribution in [1.29, 1.82) is 0 Å². The minimum Gasteiger partial charge on any atom is -0.491 e. The Morgan fingerprint density at radius 1 is 0.980 bits per heavy atom. The van der Waals surface area contributed by atoms with Crippen LogP contribution in [0.15, 0.2) is 67.0 Å². The zero-order valence-electron chi connectivity index (χ0n) is 28.1. The number of nitrogens with zero attached hydrogens (tertiary/aromatic N) is 5. The highest BCUT2D eigenvalue weighted by Gasteiger charge is 2.39. The second-order valence-electron chi connectivity index (χ2n) is 12.5. The summed E-state index contributed by atoms with van der Waals surface area (Å²) in [4.78, 5) is 54.3. The first-order chi connectivity index (χ1) is 24.2. The summed E-state index contributed by atoms with van der Waals surface area (Å²) >= 11 is 1.62. The molecule has 0 radical (unpaired) electrons. The van der Waals surface area contributed by atoms with E-state index >= 15 is 0 Å². The number of benzene rings is 2. The monoisotopic (exact) mass is 691 g/mol.